The Morgan fingerprint density at radius 3 is 2.50 bits per heavy atom. The lowest BCUT2D eigenvalue weighted by molar-refractivity contribution is -0.147. The highest BCUT2D eigenvalue weighted by Gasteiger charge is 2.15. The summed E-state index contributed by atoms with van der Waals surface area (Å²) in [5, 5.41) is 2.78. The summed E-state index contributed by atoms with van der Waals surface area (Å²) in [5.74, 6) is -0.0247. The molecule has 32 heavy (non-hydrogen) atoms. The maximum Gasteiger partial charge on any atom is 0.306 e. The molecule has 0 aliphatic carbocycles. The van der Waals surface area contributed by atoms with Gasteiger partial charge in [0.05, 0.1) is 17.5 Å². The van der Waals surface area contributed by atoms with Gasteiger partial charge in [0.25, 0.3) is 5.91 Å². The molecule has 0 saturated heterocycles. The van der Waals surface area contributed by atoms with Crippen molar-refractivity contribution in [3.8, 4) is 5.69 Å². The highest BCUT2D eigenvalue weighted by molar-refractivity contribution is 5.93. The average molecular weight is 428 g/mol. The summed E-state index contributed by atoms with van der Waals surface area (Å²) in [7, 11) is 0. The molecule has 4 rings (SSSR count). The third-order valence-corrected chi connectivity index (χ3v) is 5.22. The fraction of sp³-hybridized carbons (Fsp3) is 0.192. The molecule has 162 valence electrons. The van der Waals surface area contributed by atoms with Gasteiger partial charge in [-0.1, -0.05) is 48.0 Å². The smallest absolute Gasteiger partial charge is 0.306 e. The first kappa shape index (κ1) is 21.3. The first-order valence-electron chi connectivity index (χ1n) is 10.6. The predicted octanol–water partition coefficient (Wildman–Crippen LogP) is 4.76. The number of amides is 1. The number of carbonyl (C=O) groups is 2. The van der Waals surface area contributed by atoms with Gasteiger partial charge in [0, 0.05) is 17.8 Å². The number of nitrogens with zero attached hydrogens (tertiary/aromatic N) is 2. The molecule has 0 spiro atoms. The molecular weight excluding hydrogens is 402 g/mol. The largest absolute Gasteiger partial charge is 0.456 e. The second-order valence-electron chi connectivity index (χ2n) is 7.71. The molecule has 1 N–H and O–H groups in total. The normalized spacial score (nSPS) is 10.8. The Morgan fingerprint density at radius 2 is 1.72 bits per heavy atom. The molecule has 0 bridgehead atoms. The summed E-state index contributed by atoms with van der Waals surface area (Å²) >= 11 is 0. The SMILES string of the molecule is Cc1ccc(NC(=O)COC(=O)CCc2nc3ccccc3n2-c2ccccc2)c(C)c1. The number of hydrogen-bond acceptors (Lipinski definition) is 4. The van der Waals surface area contributed by atoms with Crippen LogP contribution in [0.4, 0.5) is 5.69 Å². The van der Waals surface area contributed by atoms with Crippen LogP contribution in [-0.4, -0.2) is 28.0 Å². The van der Waals surface area contributed by atoms with E-state index in [9.17, 15) is 9.59 Å². The Kier molecular flexibility index (Phi) is 6.31. The van der Waals surface area contributed by atoms with Crippen LogP contribution in [0.25, 0.3) is 16.7 Å². The monoisotopic (exact) mass is 427 g/mol. The fourth-order valence-corrected chi connectivity index (χ4v) is 3.68. The second-order valence-corrected chi connectivity index (χ2v) is 7.71. The summed E-state index contributed by atoms with van der Waals surface area (Å²) in [4.78, 5) is 29.2. The van der Waals surface area contributed by atoms with Crippen LogP contribution >= 0.6 is 0 Å². The van der Waals surface area contributed by atoms with Crippen molar-refractivity contribution in [3.05, 3.63) is 89.7 Å². The minimum Gasteiger partial charge on any atom is -0.456 e. The number of para-hydroxylation sites is 3. The molecule has 6 heteroatoms. The van der Waals surface area contributed by atoms with Crippen molar-refractivity contribution in [3.63, 3.8) is 0 Å². The Morgan fingerprint density at radius 1 is 0.969 bits per heavy atom. The molecular formula is C26H25N3O3. The van der Waals surface area contributed by atoms with E-state index in [1.165, 1.54) is 0 Å². The Bertz CT molecular complexity index is 1260. The molecule has 0 aliphatic heterocycles. The van der Waals surface area contributed by atoms with Crippen molar-refractivity contribution >= 4 is 28.6 Å². The number of aryl methyl sites for hydroxylation is 3. The number of aromatic nitrogens is 2. The van der Waals surface area contributed by atoms with Crippen LogP contribution < -0.4 is 5.32 Å². The molecule has 0 fully saturated rings. The number of rotatable bonds is 7. The quantitative estimate of drug-likeness (QED) is 0.432. The van der Waals surface area contributed by atoms with Crippen LogP contribution in [0.5, 0.6) is 0 Å². The zero-order valence-corrected chi connectivity index (χ0v) is 18.2. The van der Waals surface area contributed by atoms with Crippen LogP contribution in [0, 0.1) is 13.8 Å². The zero-order valence-electron chi connectivity index (χ0n) is 18.2. The van der Waals surface area contributed by atoms with E-state index in [-0.39, 0.29) is 18.9 Å². The van der Waals surface area contributed by atoms with Gasteiger partial charge < -0.3 is 10.1 Å². The molecule has 1 aromatic heterocycles. The first-order valence-corrected chi connectivity index (χ1v) is 10.6. The van der Waals surface area contributed by atoms with Gasteiger partial charge in [-0.3, -0.25) is 14.2 Å². The number of ether oxygens (including phenoxy) is 1. The molecule has 0 atom stereocenters. The van der Waals surface area contributed by atoms with Gasteiger partial charge in [0.1, 0.15) is 5.82 Å². The van der Waals surface area contributed by atoms with Gasteiger partial charge in [-0.15, -0.1) is 0 Å². The fourth-order valence-electron chi connectivity index (χ4n) is 3.68. The van der Waals surface area contributed by atoms with E-state index >= 15 is 0 Å². The number of carbonyl (C=O) groups excluding carboxylic acids is 2. The molecule has 1 heterocycles. The van der Waals surface area contributed by atoms with Gasteiger partial charge in [-0.25, -0.2) is 4.98 Å². The van der Waals surface area contributed by atoms with E-state index < -0.39 is 5.97 Å². The van der Waals surface area contributed by atoms with Crippen molar-refractivity contribution in [1.29, 1.82) is 0 Å². The molecule has 3 aromatic carbocycles. The van der Waals surface area contributed by atoms with Crippen molar-refractivity contribution in [2.45, 2.75) is 26.7 Å². The summed E-state index contributed by atoms with van der Waals surface area (Å²) < 4.78 is 7.24. The number of anilines is 1. The summed E-state index contributed by atoms with van der Waals surface area (Å²) in [5.41, 5.74) is 5.63. The highest BCUT2D eigenvalue weighted by Crippen LogP contribution is 2.22. The summed E-state index contributed by atoms with van der Waals surface area (Å²) in [6, 6.07) is 23.5. The maximum absolute atomic E-state index is 12.3. The number of fused-ring (bicyclic) bond motifs is 1. The average Bonchev–Trinajstić information content (AvgIpc) is 3.17. The topological polar surface area (TPSA) is 73.2 Å². The van der Waals surface area contributed by atoms with Crippen molar-refractivity contribution in [2.75, 3.05) is 11.9 Å². The lowest BCUT2D eigenvalue weighted by Gasteiger charge is -2.10. The number of imidazole rings is 1. The third kappa shape index (κ3) is 4.86. The van der Waals surface area contributed by atoms with Crippen molar-refractivity contribution < 1.29 is 14.3 Å². The predicted molar refractivity (Wildman–Crippen MR) is 125 cm³/mol. The minimum absolute atomic E-state index is 0.132. The molecule has 0 unspecified atom stereocenters. The second kappa shape index (κ2) is 9.47. The lowest BCUT2D eigenvalue weighted by Crippen LogP contribution is -2.21. The summed E-state index contributed by atoms with van der Waals surface area (Å²) in [6.45, 7) is 3.60. The van der Waals surface area contributed by atoms with Crippen LogP contribution in [-0.2, 0) is 20.7 Å². The Labute approximate surface area is 186 Å². The van der Waals surface area contributed by atoms with Crippen molar-refractivity contribution in [2.24, 2.45) is 0 Å². The number of hydrogen-bond donors (Lipinski definition) is 1. The first-order chi connectivity index (χ1) is 15.5. The van der Waals surface area contributed by atoms with E-state index in [4.69, 9.17) is 9.72 Å². The molecule has 0 aliphatic rings. The van der Waals surface area contributed by atoms with E-state index in [1.807, 2.05) is 86.6 Å². The lowest BCUT2D eigenvalue weighted by atomic mass is 10.1. The van der Waals surface area contributed by atoms with Crippen molar-refractivity contribution in [1.82, 2.24) is 9.55 Å². The summed E-state index contributed by atoms with van der Waals surface area (Å²) in [6.07, 6.45) is 0.536. The van der Waals surface area contributed by atoms with Gasteiger partial charge in [0.15, 0.2) is 6.61 Å². The molecule has 6 nitrogen and oxygen atoms in total. The molecule has 0 radical (unpaired) electrons. The van der Waals surface area contributed by atoms with E-state index in [2.05, 4.69) is 9.88 Å². The van der Waals surface area contributed by atoms with Crippen LogP contribution in [0.2, 0.25) is 0 Å². The minimum atomic E-state index is -0.438. The number of benzene rings is 3. The molecule has 4 aromatic rings. The van der Waals surface area contributed by atoms with Crippen LogP contribution in [0.1, 0.15) is 23.4 Å². The van der Waals surface area contributed by atoms with Gasteiger partial charge in [0.2, 0.25) is 0 Å². The maximum atomic E-state index is 12.3. The van der Waals surface area contributed by atoms with Gasteiger partial charge in [-0.2, -0.15) is 0 Å². The Hall–Kier alpha value is -3.93. The van der Waals surface area contributed by atoms with E-state index in [1.54, 1.807) is 0 Å². The third-order valence-electron chi connectivity index (χ3n) is 5.22. The standard InChI is InChI=1S/C26H25N3O3/c1-18-12-13-21(19(2)16-18)28-25(30)17-32-26(31)15-14-24-27-22-10-6-7-11-23(22)29(24)20-8-4-3-5-9-20/h3-13,16H,14-15,17H2,1-2H3,(H,28,30). The van der Waals surface area contributed by atoms with Crippen LogP contribution in [0.15, 0.2) is 72.8 Å². The van der Waals surface area contributed by atoms with Gasteiger partial charge >= 0.3 is 5.97 Å². The zero-order chi connectivity index (χ0) is 22.5. The number of esters is 1. The van der Waals surface area contributed by atoms with E-state index in [0.717, 1.165) is 33.7 Å². The van der Waals surface area contributed by atoms with Gasteiger partial charge in [-0.05, 0) is 49.7 Å². The number of nitrogens with one attached hydrogen (secondary N) is 1. The van der Waals surface area contributed by atoms with E-state index in [0.29, 0.717) is 12.1 Å². The van der Waals surface area contributed by atoms with Crippen LogP contribution in [0.3, 0.4) is 0 Å². The highest BCUT2D eigenvalue weighted by atomic mass is 16.5. The Balaban J connectivity index is 1.38. The molecule has 1 amide bonds. The molecule has 0 saturated carbocycles.